The molecule has 1 aliphatic heterocycles. The van der Waals surface area contributed by atoms with Gasteiger partial charge in [0, 0.05) is 30.4 Å². The highest BCUT2D eigenvalue weighted by molar-refractivity contribution is 7.13. The van der Waals surface area contributed by atoms with Crippen molar-refractivity contribution in [3.8, 4) is 0 Å². The maximum Gasteiger partial charge on any atom is 0.321 e. The number of carbonyl (C=O) groups excluding carboxylic acids is 2. The number of piperidine rings is 1. The normalized spacial score (nSPS) is 16.0. The number of likely N-dealkylation sites (tertiary alicyclic amines) is 1. The molecule has 0 bridgehead atoms. The number of urea groups is 1. The average molecular weight is 454 g/mol. The van der Waals surface area contributed by atoms with Gasteiger partial charge in [-0.15, -0.1) is 10.2 Å². The molecule has 0 spiro atoms. The lowest BCUT2D eigenvalue weighted by Crippen LogP contribution is -2.41. The molecule has 3 aromatic rings. The van der Waals surface area contributed by atoms with E-state index >= 15 is 0 Å². The summed E-state index contributed by atoms with van der Waals surface area (Å²) in [5.41, 5.74) is 3.26. The van der Waals surface area contributed by atoms with Crippen LogP contribution in [0.15, 0.2) is 42.5 Å². The van der Waals surface area contributed by atoms with Gasteiger partial charge in [-0.05, 0) is 62.1 Å². The summed E-state index contributed by atoms with van der Waals surface area (Å²) < 4.78 is 13.3. The summed E-state index contributed by atoms with van der Waals surface area (Å²) in [4.78, 5) is 27.1. The maximum absolute atomic E-state index is 13.3. The number of aryl methyl sites for hydroxylation is 2. The summed E-state index contributed by atoms with van der Waals surface area (Å²) in [6.07, 6.45) is 1.71. The zero-order valence-corrected chi connectivity index (χ0v) is 18.7. The third kappa shape index (κ3) is 5.11. The van der Waals surface area contributed by atoms with E-state index in [1.165, 1.54) is 29.5 Å². The molecule has 9 heteroatoms. The van der Waals surface area contributed by atoms with E-state index in [1.54, 1.807) is 11.0 Å². The zero-order valence-electron chi connectivity index (χ0n) is 17.9. The first-order chi connectivity index (χ1) is 15.4. The molecule has 7 nitrogen and oxygen atoms in total. The molecule has 1 saturated heterocycles. The van der Waals surface area contributed by atoms with Gasteiger partial charge in [-0.2, -0.15) is 0 Å². The van der Waals surface area contributed by atoms with Gasteiger partial charge >= 0.3 is 6.03 Å². The van der Waals surface area contributed by atoms with E-state index < -0.39 is 11.7 Å². The highest BCUT2D eigenvalue weighted by Gasteiger charge is 2.28. The maximum atomic E-state index is 13.3. The Morgan fingerprint density at radius 1 is 1.12 bits per heavy atom. The number of anilines is 2. The van der Waals surface area contributed by atoms with Gasteiger partial charge in [-0.25, -0.2) is 9.18 Å². The molecule has 3 amide bonds. The predicted octanol–water partition coefficient (Wildman–Crippen LogP) is 4.96. The Hall–Kier alpha value is -3.33. The van der Waals surface area contributed by atoms with Crippen molar-refractivity contribution < 1.29 is 14.0 Å². The number of nitrogens with one attached hydrogen (secondary N) is 2. The standard InChI is InChI=1S/C23H24FN5O2S/c1-14-8-9-15(2)19(11-14)26-23(31)29-10-4-5-16(13-29)21-27-28-22(32-21)20(30)25-18-7-3-6-17(24)12-18/h3,6-9,11-12,16H,4-5,10,13H2,1-2H3,(H,25,30)(H,26,31)/t16-/m0/s1. The topological polar surface area (TPSA) is 87.2 Å². The van der Waals surface area contributed by atoms with Crippen LogP contribution in [0, 0.1) is 19.7 Å². The van der Waals surface area contributed by atoms with E-state index in [0.29, 0.717) is 18.8 Å². The fraction of sp³-hybridized carbons (Fsp3) is 0.304. The van der Waals surface area contributed by atoms with Gasteiger partial charge in [0.15, 0.2) is 0 Å². The van der Waals surface area contributed by atoms with Crippen molar-refractivity contribution in [2.24, 2.45) is 0 Å². The van der Waals surface area contributed by atoms with Crippen LogP contribution in [0.25, 0.3) is 0 Å². The molecule has 2 heterocycles. The second kappa shape index (κ2) is 9.44. The lowest BCUT2D eigenvalue weighted by atomic mass is 9.99. The van der Waals surface area contributed by atoms with Crippen LogP contribution in [-0.4, -0.2) is 40.1 Å². The lowest BCUT2D eigenvalue weighted by Gasteiger charge is -2.31. The molecule has 2 aromatic carbocycles. The molecule has 4 rings (SSSR count). The minimum atomic E-state index is -0.431. The minimum absolute atomic E-state index is 0.0151. The van der Waals surface area contributed by atoms with Crippen LogP contribution < -0.4 is 10.6 Å². The number of carbonyl (C=O) groups is 2. The summed E-state index contributed by atoms with van der Waals surface area (Å²) in [6, 6.07) is 11.5. The van der Waals surface area contributed by atoms with Crippen LogP contribution in [0.4, 0.5) is 20.6 Å². The van der Waals surface area contributed by atoms with Crippen molar-refractivity contribution in [3.63, 3.8) is 0 Å². The van der Waals surface area contributed by atoms with Gasteiger partial charge in [-0.1, -0.05) is 29.5 Å². The van der Waals surface area contributed by atoms with Crippen molar-refractivity contribution >= 4 is 34.6 Å². The number of halogens is 1. The fourth-order valence-corrected chi connectivity index (χ4v) is 4.53. The smallest absolute Gasteiger partial charge is 0.321 e. The van der Waals surface area contributed by atoms with Crippen LogP contribution in [0.1, 0.15) is 44.7 Å². The van der Waals surface area contributed by atoms with Crippen molar-refractivity contribution in [3.05, 3.63) is 69.4 Å². The number of benzene rings is 2. The summed E-state index contributed by atoms with van der Waals surface area (Å²) in [5, 5.41) is 14.8. The Morgan fingerprint density at radius 3 is 2.78 bits per heavy atom. The SMILES string of the molecule is Cc1ccc(C)c(NC(=O)N2CCC[C@H](c3nnc(C(=O)Nc4cccc(F)c4)s3)C2)c1. The van der Waals surface area contributed by atoms with E-state index in [-0.39, 0.29) is 17.0 Å². The van der Waals surface area contributed by atoms with E-state index in [0.717, 1.165) is 34.7 Å². The summed E-state index contributed by atoms with van der Waals surface area (Å²) >= 11 is 1.21. The summed E-state index contributed by atoms with van der Waals surface area (Å²) in [6.45, 7) is 5.13. The monoisotopic (exact) mass is 453 g/mol. The second-order valence-corrected chi connectivity index (χ2v) is 8.95. The largest absolute Gasteiger partial charge is 0.324 e. The molecule has 166 valence electrons. The van der Waals surface area contributed by atoms with Crippen LogP contribution in [0.5, 0.6) is 0 Å². The van der Waals surface area contributed by atoms with Crippen LogP contribution in [-0.2, 0) is 0 Å². The van der Waals surface area contributed by atoms with Crippen molar-refractivity contribution in [2.45, 2.75) is 32.6 Å². The Kier molecular flexibility index (Phi) is 6.45. The molecule has 1 aromatic heterocycles. The molecule has 1 aliphatic rings. The highest BCUT2D eigenvalue weighted by atomic mass is 32.1. The lowest BCUT2D eigenvalue weighted by molar-refractivity contribution is 0.102. The van der Waals surface area contributed by atoms with Crippen LogP contribution >= 0.6 is 11.3 Å². The number of hydrogen-bond donors (Lipinski definition) is 2. The molecular weight excluding hydrogens is 429 g/mol. The van der Waals surface area contributed by atoms with Gasteiger partial charge in [0.1, 0.15) is 10.8 Å². The van der Waals surface area contributed by atoms with E-state index in [1.807, 2.05) is 32.0 Å². The Bertz CT molecular complexity index is 1150. The third-order valence-electron chi connectivity index (χ3n) is 5.41. The van der Waals surface area contributed by atoms with Crippen LogP contribution in [0.3, 0.4) is 0 Å². The molecule has 0 saturated carbocycles. The van der Waals surface area contributed by atoms with Crippen molar-refractivity contribution in [2.75, 3.05) is 23.7 Å². The van der Waals surface area contributed by atoms with Gasteiger partial charge in [0.25, 0.3) is 5.91 Å². The first-order valence-corrected chi connectivity index (χ1v) is 11.2. The summed E-state index contributed by atoms with van der Waals surface area (Å²) in [5.74, 6) is -0.844. The molecule has 2 N–H and O–H groups in total. The molecule has 0 aliphatic carbocycles. The van der Waals surface area contributed by atoms with Crippen molar-refractivity contribution in [1.82, 2.24) is 15.1 Å². The number of rotatable bonds is 4. The second-order valence-electron chi connectivity index (χ2n) is 7.94. The highest BCUT2D eigenvalue weighted by Crippen LogP contribution is 2.30. The Morgan fingerprint density at radius 2 is 1.97 bits per heavy atom. The fourth-order valence-electron chi connectivity index (χ4n) is 3.67. The van der Waals surface area contributed by atoms with Crippen molar-refractivity contribution in [1.29, 1.82) is 0 Å². The van der Waals surface area contributed by atoms with E-state index in [4.69, 9.17) is 0 Å². The molecule has 0 radical (unpaired) electrons. The average Bonchev–Trinajstić information content (AvgIpc) is 3.27. The first kappa shape index (κ1) is 21.9. The van der Waals surface area contributed by atoms with Gasteiger partial charge in [0.2, 0.25) is 5.01 Å². The number of aromatic nitrogens is 2. The molecule has 1 fully saturated rings. The van der Waals surface area contributed by atoms with Gasteiger partial charge < -0.3 is 15.5 Å². The quantitative estimate of drug-likeness (QED) is 0.585. The van der Waals surface area contributed by atoms with E-state index in [2.05, 4.69) is 20.8 Å². The van der Waals surface area contributed by atoms with Crippen LogP contribution in [0.2, 0.25) is 0 Å². The predicted molar refractivity (Wildman–Crippen MR) is 123 cm³/mol. The molecular formula is C23H24FN5O2S. The van der Waals surface area contributed by atoms with Gasteiger partial charge in [0.05, 0.1) is 0 Å². The summed E-state index contributed by atoms with van der Waals surface area (Å²) in [7, 11) is 0. The van der Waals surface area contributed by atoms with Gasteiger partial charge in [-0.3, -0.25) is 4.79 Å². The number of hydrogen-bond acceptors (Lipinski definition) is 5. The number of amides is 3. The number of nitrogens with zero attached hydrogens (tertiary/aromatic N) is 3. The molecule has 0 unspecified atom stereocenters. The third-order valence-corrected chi connectivity index (χ3v) is 6.49. The Balaban J connectivity index is 1.40. The molecule has 1 atom stereocenters. The Labute approximate surface area is 189 Å². The van der Waals surface area contributed by atoms with E-state index in [9.17, 15) is 14.0 Å². The minimum Gasteiger partial charge on any atom is -0.324 e. The zero-order chi connectivity index (χ0) is 22.7. The molecule has 32 heavy (non-hydrogen) atoms. The first-order valence-electron chi connectivity index (χ1n) is 10.4.